The lowest BCUT2D eigenvalue weighted by Gasteiger charge is -2.03. The van der Waals surface area contributed by atoms with E-state index >= 15 is 0 Å². The van der Waals surface area contributed by atoms with Crippen LogP contribution in [0.2, 0.25) is 0 Å². The molecule has 0 radical (unpaired) electrons. The van der Waals surface area contributed by atoms with Crippen LogP contribution in [0.25, 0.3) is 0 Å². The number of aromatic nitrogens is 1. The van der Waals surface area contributed by atoms with Crippen LogP contribution in [0.15, 0.2) is 18.5 Å². The van der Waals surface area contributed by atoms with Crippen LogP contribution in [-0.4, -0.2) is 4.57 Å². The lowest BCUT2D eigenvalue weighted by molar-refractivity contribution is 0.539. The second-order valence-electron chi connectivity index (χ2n) is 5.44. The molecular formula is C17H31N. The Morgan fingerprint density at radius 2 is 1.44 bits per heavy atom. The van der Waals surface area contributed by atoms with Crippen LogP contribution in [0, 0.1) is 0 Å². The third-order valence-electron chi connectivity index (χ3n) is 3.74. The zero-order valence-electron chi connectivity index (χ0n) is 12.5. The molecule has 0 atom stereocenters. The summed E-state index contributed by atoms with van der Waals surface area (Å²) in [5.74, 6) is 0. The van der Waals surface area contributed by atoms with E-state index in [1.54, 1.807) is 0 Å². The minimum Gasteiger partial charge on any atom is -0.354 e. The normalized spacial score (nSPS) is 11.0. The summed E-state index contributed by atoms with van der Waals surface area (Å²) in [6, 6.07) is 2.24. The van der Waals surface area contributed by atoms with Crippen LogP contribution < -0.4 is 0 Å². The van der Waals surface area contributed by atoms with Crippen molar-refractivity contribution in [2.24, 2.45) is 0 Å². The number of aryl methyl sites for hydroxylation is 2. The van der Waals surface area contributed by atoms with E-state index in [0.717, 1.165) is 6.42 Å². The van der Waals surface area contributed by atoms with Gasteiger partial charge >= 0.3 is 0 Å². The summed E-state index contributed by atoms with van der Waals surface area (Å²) in [7, 11) is 0. The number of hydrogen-bond acceptors (Lipinski definition) is 0. The summed E-state index contributed by atoms with van der Waals surface area (Å²) in [5, 5.41) is 0. The predicted octanol–water partition coefficient (Wildman–Crippen LogP) is 5.58. The second kappa shape index (κ2) is 10.2. The van der Waals surface area contributed by atoms with E-state index in [4.69, 9.17) is 0 Å². The van der Waals surface area contributed by atoms with Crippen molar-refractivity contribution in [3.63, 3.8) is 0 Å². The SMILES string of the molecule is CCCCCCCCCCCn1ccc(CC)c1. The molecule has 0 fully saturated rings. The van der Waals surface area contributed by atoms with E-state index < -0.39 is 0 Å². The average molecular weight is 249 g/mol. The molecule has 0 aromatic carbocycles. The number of hydrogen-bond donors (Lipinski definition) is 0. The summed E-state index contributed by atoms with van der Waals surface area (Å²) in [5.41, 5.74) is 1.46. The van der Waals surface area contributed by atoms with Gasteiger partial charge in [0.2, 0.25) is 0 Å². The highest BCUT2D eigenvalue weighted by atomic mass is 14.9. The first-order chi connectivity index (χ1) is 8.86. The van der Waals surface area contributed by atoms with Crippen molar-refractivity contribution in [1.29, 1.82) is 0 Å². The fraction of sp³-hybridized carbons (Fsp3) is 0.765. The Hall–Kier alpha value is -0.720. The molecule has 1 heterocycles. The maximum Gasteiger partial charge on any atom is 0.0219 e. The first-order valence-electron chi connectivity index (χ1n) is 8.01. The van der Waals surface area contributed by atoms with Gasteiger partial charge in [-0.05, 0) is 24.5 Å². The molecule has 1 heteroatoms. The average Bonchev–Trinajstić information content (AvgIpc) is 2.85. The van der Waals surface area contributed by atoms with Gasteiger partial charge in [0.05, 0.1) is 0 Å². The van der Waals surface area contributed by atoms with Gasteiger partial charge in [0, 0.05) is 18.9 Å². The number of unbranched alkanes of at least 4 members (excludes halogenated alkanes) is 8. The van der Waals surface area contributed by atoms with E-state index in [9.17, 15) is 0 Å². The molecule has 0 N–H and O–H groups in total. The second-order valence-corrected chi connectivity index (χ2v) is 5.44. The first-order valence-corrected chi connectivity index (χ1v) is 8.01. The largest absolute Gasteiger partial charge is 0.354 e. The van der Waals surface area contributed by atoms with Crippen molar-refractivity contribution in [2.75, 3.05) is 0 Å². The lowest BCUT2D eigenvalue weighted by atomic mass is 10.1. The summed E-state index contributed by atoms with van der Waals surface area (Å²) < 4.78 is 2.35. The van der Waals surface area contributed by atoms with Gasteiger partial charge in [0.25, 0.3) is 0 Å². The molecule has 1 nitrogen and oxygen atoms in total. The summed E-state index contributed by atoms with van der Waals surface area (Å²) in [6.07, 6.45) is 18.4. The van der Waals surface area contributed by atoms with E-state index in [0.29, 0.717) is 0 Å². The molecule has 1 aromatic rings. The zero-order valence-corrected chi connectivity index (χ0v) is 12.5. The fourth-order valence-electron chi connectivity index (χ4n) is 2.44. The third-order valence-corrected chi connectivity index (χ3v) is 3.74. The zero-order chi connectivity index (χ0) is 13.1. The Morgan fingerprint density at radius 1 is 0.833 bits per heavy atom. The van der Waals surface area contributed by atoms with Crippen LogP contribution in [0.3, 0.4) is 0 Å². The summed E-state index contributed by atoms with van der Waals surface area (Å²) in [6.45, 7) is 5.71. The van der Waals surface area contributed by atoms with Gasteiger partial charge in [0.15, 0.2) is 0 Å². The molecule has 0 saturated heterocycles. The van der Waals surface area contributed by atoms with Crippen LogP contribution in [-0.2, 0) is 13.0 Å². The van der Waals surface area contributed by atoms with E-state index in [2.05, 4.69) is 36.9 Å². The van der Waals surface area contributed by atoms with Gasteiger partial charge in [-0.1, -0.05) is 65.2 Å². The van der Waals surface area contributed by atoms with Gasteiger partial charge < -0.3 is 4.57 Å². The molecule has 1 rings (SSSR count). The van der Waals surface area contributed by atoms with Crippen molar-refractivity contribution in [3.8, 4) is 0 Å². The molecule has 0 aliphatic carbocycles. The van der Waals surface area contributed by atoms with Crippen molar-refractivity contribution < 1.29 is 0 Å². The highest BCUT2D eigenvalue weighted by Gasteiger charge is 1.95. The Balaban J connectivity index is 1.89. The number of rotatable bonds is 11. The molecule has 0 unspecified atom stereocenters. The van der Waals surface area contributed by atoms with Gasteiger partial charge in [-0.3, -0.25) is 0 Å². The molecule has 0 spiro atoms. The van der Waals surface area contributed by atoms with Crippen LogP contribution in [0.1, 0.15) is 77.2 Å². The lowest BCUT2D eigenvalue weighted by Crippen LogP contribution is -1.94. The van der Waals surface area contributed by atoms with Crippen molar-refractivity contribution in [2.45, 2.75) is 84.6 Å². The van der Waals surface area contributed by atoms with Gasteiger partial charge in [-0.2, -0.15) is 0 Å². The quantitative estimate of drug-likeness (QED) is 0.451. The molecule has 0 saturated carbocycles. The topological polar surface area (TPSA) is 4.93 Å². The van der Waals surface area contributed by atoms with Gasteiger partial charge in [-0.15, -0.1) is 0 Å². The predicted molar refractivity (Wildman–Crippen MR) is 81.0 cm³/mol. The highest BCUT2D eigenvalue weighted by molar-refractivity contribution is 5.09. The minimum absolute atomic E-state index is 1.16. The molecule has 1 aromatic heterocycles. The molecule has 18 heavy (non-hydrogen) atoms. The standard InChI is InChI=1S/C17H31N/c1-3-5-6-7-8-9-10-11-12-14-18-15-13-17(4-2)16-18/h13,15-16H,3-12,14H2,1-2H3. The molecule has 104 valence electrons. The van der Waals surface area contributed by atoms with Crippen LogP contribution in [0.4, 0.5) is 0 Å². The van der Waals surface area contributed by atoms with Gasteiger partial charge in [0.1, 0.15) is 0 Å². The van der Waals surface area contributed by atoms with Crippen molar-refractivity contribution in [1.82, 2.24) is 4.57 Å². The Morgan fingerprint density at radius 3 is 2.00 bits per heavy atom. The number of nitrogens with zero attached hydrogens (tertiary/aromatic N) is 1. The fourth-order valence-corrected chi connectivity index (χ4v) is 2.44. The van der Waals surface area contributed by atoms with Crippen molar-refractivity contribution in [3.05, 3.63) is 24.0 Å². The van der Waals surface area contributed by atoms with Crippen molar-refractivity contribution >= 4 is 0 Å². The molecule has 0 bridgehead atoms. The third kappa shape index (κ3) is 6.88. The van der Waals surface area contributed by atoms with Crippen LogP contribution in [0.5, 0.6) is 0 Å². The molecule has 0 aliphatic heterocycles. The Labute approximate surface area is 114 Å². The monoisotopic (exact) mass is 249 g/mol. The minimum atomic E-state index is 1.16. The molecular weight excluding hydrogens is 218 g/mol. The summed E-state index contributed by atoms with van der Waals surface area (Å²) >= 11 is 0. The Kier molecular flexibility index (Phi) is 8.71. The van der Waals surface area contributed by atoms with E-state index in [1.165, 1.54) is 69.9 Å². The highest BCUT2D eigenvalue weighted by Crippen LogP contribution is 2.10. The van der Waals surface area contributed by atoms with E-state index in [1.807, 2.05) is 0 Å². The van der Waals surface area contributed by atoms with E-state index in [-0.39, 0.29) is 0 Å². The Bertz CT molecular complexity index is 288. The molecule has 0 amide bonds. The van der Waals surface area contributed by atoms with Crippen LogP contribution >= 0.6 is 0 Å². The maximum atomic E-state index is 2.35. The summed E-state index contributed by atoms with van der Waals surface area (Å²) in [4.78, 5) is 0. The first kappa shape index (κ1) is 15.3. The smallest absolute Gasteiger partial charge is 0.0219 e. The maximum absolute atomic E-state index is 2.35. The molecule has 0 aliphatic rings. The van der Waals surface area contributed by atoms with Gasteiger partial charge in [-0.25, -0.2) is 0 Å².